The highest BCUT2D eigenvalue weighted by Crippen LogP contribution is 2.31. The number of thiocarbonyl (C=S) groups is 1. The van der Waals surface area contributed by atoms with E-state index in [0.29, 0.717) is 5.92 Å². The second-order valence-corrected chi connectivity index (χ2v) is 8.95. The normalized spacial score (nSPS) is 15.6. The number of anilines is 1. The second-order valence-electron chi connectivity index (χ2n) is 8.56. The number of likely N-dealkylation sites (tertiary alicyclic amines) is 1. The summed E-state index contributed by atoms with van der Waals surface area (Å²) in [7, 11) is 0. The van der Waals surface area contributed by atoms with Crippen molar-refractivity contribution in [2.24, 2.45) is 0 Å². The van der Waals surface area contributed by atoms with Crippen LogP contribution in [0, 0.1) is 0 Å². The summed E-state index contributed by atoms with van der Waals surface area (Å²) in [4.78, 5) is 18.7. The van der Waals surface area contributed by atoms with E-state index < -0.39 is 0 Å². The number of benzene rings is 2. The van der Waals surface area contributed by atoms with E-state index in [1.165, 1.54) is 5.56 Å². The van der Waals surface area contributed by atoms with Crippen molar-refractivity contribution in [3.05, 3.63) is 90.8 Å². The molecule has 4 heterocycles. The molecule has 5 aromatic rings. The van der Waals surface area contributed by atoms with Crippen molar-refractivity contribution in [3.8, 4) is 22.8 Å². The molecule has 1 aliphatic rings. The van der Waals surface area contributed by atoms with E-state index in [1.807, 2.05) is 54.9 Å². The monoisotopic (exact) mass is 464 g/mol. The second kappa shape index (κ2) is 8.76. The van der Waals surface area contributed by atoms with E-state index in [-0.39, 0.29) is 0 Å². The van der Waals surface area contributed by atoms with Crippen LogP contribution >= 0.6 is 12.2 Å². The Labute approximate surface area is 203 Å². The number of aromatic nitrogens is 4. The largest absolute Gasteiger partial charge is 0.360 e. The van der Waals surface area contributed by atoms with E-state index in [4.69, 9.17) is 22.2 Å². The van der Waals surface area contributed by atoms with Gasteiger partial charge >= 0.3 is 0 Å². The summed E-state index contributed by atoms with van der Waals surface area (Å²) in [5.74, 6) is 0.512. The molecule has 0 spiro atoms. The molecule has 7 heteroatoms. The number of rotatable bonds is 4. The van der Waals surface area contributed by atoms with E-state index in [9.17, 15) is 0 Å². The zero-order chi connectivity index (χ0) is 22.9. The van der Waals surface area contributed by atoms with Crippen LogP contribution in [0.4, 0.5) is 5.69 Å². The smallest absolute Gasteiger partial charge is 0.173 e. The van der Waals surface area contributed by atoms with Crippen LogP contribution < -0.4 is 5.32 Å². The Morgan fingerprint density at radius 3 is 2.24 bits per heavy atom. The third-order valence-electron chi connectivity index (χ3n) is 6.37. The molecule has 168 valence electrons. The highest BCUT2D eigenvalue weighted by Gasteiger charge is 2.25. The first kappa shape index (κ1) is 20.6. The van der Waals surface area contributed by atoms with Gasteiger partial charge in [-0.2, -0.15) is 0 Å². The average Bonchev–Trinajstić information content (AvgIpc) is 3.66. The summed E-state index contributed by atoms with van der Waals surface area (Å²) < 4.78 is 0. The molecule has 1 fully saturated rings. The van der Waals surface area contributed by atoms with Crippen molar-refractivity contribution in [2.75, 3.05) is 18.4 Å². The Bertz CT molecular complexity index is 1430. The van der Waals surface area contributed by atoms with Gasteiger partial charge < -0.3 is 20.2 Å². The number of nitrogens with zero attached hydrogens (tertiary/aromatic N) is 3. The summed E-state index contributed by atoms with van der Waals surface area (Å²) >= 11 is 5.76. The molecule has 6 nitrogen and oxygen atoms in total. The molecule has 1 saturated heterocycles. The van der Waals surface area contributed by atoms with Crippen LogP contribution in [-0.4, -0.2) is 43.0 Å². The van der Waals surface area contributed by atoms with Crippen LogP contribution in [-0.2, 0) is 0 Å². The lowest BCUT2D eigenvalue weighted by Gasteiger charge is -2.21. The fourth-order valence-corrected chi connectivity index (χ4v) is 4.89. The van der Waals surface area contributed by atoms with Crippen molar-refractivity contribution in [1.29, 1.82) is 0 Å². The van der Waals surface area contributed by atoms with Crippen LogP contribution in [0.2, 0.25) is 0 Å². The summed E-state index contributed by atoms with van der Waals surface area (Å²) in [6.45, 7) is 1.88. The SMILES string of the molecule is S=C(Nc1ccc2nc(-c3ccc[nH]3)c(-c3ccc[nH]3)nc2c1)N1CC[C@@H](c2ccccc2)C1. The molecular weight excluding hydrogens is 440 g/mol. The molecule has 0 amide bonds. The van der Waals surface area contributed by atoms with Crippen LogP contribution in [0.1, 0.15) is 17.9 Å². The van der Waals surface area contributed by atoms with Gasteiger partial charge in [0, 0.05) is 37.1 Å². The maximum Gasteiger partial charge on any atom is 0.173 e. The van der Waals surface area contributed by atoms with Crippen molar-refractivity contribution in [1.82, 2.24) is 24.8 Å². The van der Waals surface area contributed by atoms with Crippen molar-refractivity contribution in [2.45, 2.75) is 12.3 Å². The first-order chi connectivity index (χ1) is 16.7. The molecule has 1 aliphatic heterocycles. The van der Waals surface area contributed by atoms with Gasteiger partial charge in [-0.05, 0) is 66.7 Å². The number of H-pyrrole nitrogens is 2. The molecule has 3 aromatic heterocycles. The minimum atomic E-state index is 0.512. The minimum absolute atomic E-state index is 0.512. The lowest BCUT2D eigenvalue weighted by molar-refractivity contribution is 0.518. The first-order valence-corrected chi connectivity index (χ1v) is 11.9. The summed E-state index contributed by atoms with van der Waals surface area (Å²) in [5.41, 5.74) is 7.44. The molecule has 1 atom stereocenters. The van der Waals surface area contributed by atoms with Crippen molar-refractivity contribution in [3.63, 3.8) is 0 Å². The maximum atomic E-state index is 5.76. The van der Waals surface area contributed by atoms with Gasteiger partial charge in [-0.3, -0.25) is 0 Å². The molecule has 0 aliphatic carbocycles. The molecule has 0 saturated carbocycles. The zero-order valence-electron chi connectivity index (χ0n) is 18.5. The summed E-state index contributed by atoms with van der Waals surface area (Å²) in [5, 5.41) is 4.17. The van der Waals surface area contributed by atoms with Crippen LogP contribution in [0.25, 0.3) is 33.8 Å². The fraction of sp³-hybridized carbons (Fsp3) is 0.148. The maximum absolute atomic E-state index is 5.76. The summed E-state index contributed by atoms with van der Waals surface area (Å²) in [6, 6.07) is 24.7. The lowest BCUT2D eigenvalue weighted by Crippen LogP contribution is -2.32. The number of aromatic amines is 2. The third-order valence-corrected chi connectivity index (χ3v) is 6.73. The Balaban J connectivity index is 1.26. The van der Waals surface area contributed by atoms with Gasteiger partial charge in [0.15, 0.2) is 5.11 Å². The van der Waals surface area contributed by atoms with Crippen molar-refractivity contribution >= 4 is 34.1 Å². The Morgan fingerprint density at radius 1 is 0.853 bits per heavy atom. The van der Waals surface area contributed by atoms with Crippen molar-refractivity contribution < 1.29 is 0 Å². The van der Waals surface area contributed by atoms with E-state index in [0.717, 1.165) is 64.1 Å². The summed E-state index contributed by atoms with van der Waals surface area (Å²) in [6.07, 6.45) is 4.90. The Kier molecular flexibility index (Phi) is 5.31. The number of hydrogen-bond acceptors (Lipinski definition) is 3. The first-order valence-electron chi connectivity index (χ1n) is 11.4. The molecular formula is C27H24N6S. The van der Waals surface area contributed by atoms with Gasteiger partial charge in [0.2, 0.25) is 0 Å². The highest BCUT2D eigenvalue weighted by atomic mass is 32.1. The zero-order valence-corrected chi connectivity index (χ0v) is 19.3. The molecule has 34 heavy (non-hydrogen) atoms. The topological polar surface area (TPSA) is 72.6 Å². The molecule has 0 bridgehead atoms. The average molecular weight is 465 g/mol. The predicted octanol–water partition coefficient (Wildman–Crippen LogP) is 5.81. The molecule has 6 rings (SSSR count). The molecule has 0 unspecified atom stereocenters. The molecule has 3 N–H and O–H groups in total. The fourth-order valence-electron chi connectivity index (χ4n) is 4.61. The number of hydrogen-bond donors (Lipinski definition) is 3. The quantitative estimate of drug-likeness (QED) is 0.293. The van der Waals surface area contributed by atoms with E-state index in [1.54, 1.807) is 0 Å². The Morgan fingerprint density at radius 2 is 1.56 bits per heavy atom. The third kappa shape index (κ3) is 3.95. The van der Waals surface area contributed by atoms with Crippen LogP contribution in [0.15, 0.2) is 85.2 Å². The lowest BCUT2D eigenvalue weighted by atomic mass is 9.99. The van der Waals surface area contributed by atoms with Gasteiger partial charge in [-0.1, -0.05) is 30.3 Å². The van der Waals surface area contributed by atoms with Gasteiger partial charge in [-0.25, -0.2) is 9.97 Å². The van der Waals surface area contributed by atoms with Gasteiger partial charge in [0.1, 0.15) is 11.4 Å². The van der Waals surface area contributed by atoms with Crippen LogP contribution in [0.3, 0.4) is 0 Å². The van der Waals surface area contributed by atoms with Crippen LogP contribution in [0.5, 0.6) is 0 Å². The number of fused-ring (bicyclic) bond motifs is 1. The van der Waals surface area contributed by atoms with Gasteiger partial charge in [0.25, 0.3) is 0 Å². The van der Waals surface area contributed by atoms with Gasteiger partial charge in [0.05, 0.1) is 22.4 Å². The standard InChI is InChI=1S/C27H24N6S/c34-27(33-15-12-19(17-33)18-6-2-1-3-7-18)30-20-10-11-21-24(16-20)32-26(23-9-5-14-29-23)25(31-21)22-8-4-13-28-22/h1-11,13-14,16,19,28-29H,12,15,17H2,(H,30,34)/t19-/m1/s1. The van der Waals surface area contributed by atoms with Gasteiger partial charge in [-0.15, -0.1) is 0 Å². The minimum Gasteiger partial charge on any atom is -0.360 e. The predicted molar refractivity (Wildman–Crippen MR) is 141 cm³/mol. The molecule has 0 radical (unpaired) electrons. The highest BCUT2D eigenvalue weighted by molar-refractivity contribution is 7.80. The van der Waals surface area contributed by atoms with E-state index in [2.05, 4.69) is 50.5 Å². The van der Waals surface area contributed by atoms with E-state index >= 15 is 0 Å². The Hall–Kier alpha value is -3.97. The molecule has 2 aromatic carbocycles. The number of nitrogens with one attached hydrogen (secondary N) is 3.